The van der Waals surface area contributed by atoms with E-state index in [4.69, 9.17) is 11.6 Å². The Morgan fingerprint density at radius 3 is 2.50 bits per heavy atom. The predicted octanol–water partition coefficient (Wildman–Crippen LogP) is 2.39. The number of rotatable bonds is 8. The number of nitrogens with zero attached hydrogens (tertiary/aromatic N) is 2. The number of halogens is 1. The van der Waals surface area contributed by atoms with Crippen LogP contribution < -0.4 is 0 Å². The van der Waals surface area contributed by atoms with Gasteiger partial charge in [0.1, 0.15) is 0 Å². The van der Waals surface area contributed by atoms with Gasteiger partial charge in [0.25, 0.3) is 0 Å². The molecule has 0 aromatic rings. The molecule has 1 aliphatic heterocycles. The molecule has 1 fully saturated rings. The summed E-state index contributed by atoms with van der Waals surface area (Å²) in [7, 11) is -3.05. The van der Waals surface area contributed by atoms with Gasteiger partial charge in [-0.25, -0.2) is 12.7 Å². The molecule has 0 aromatic carbocycles. The fourth-order valence-corrected chi connectivity index (χ4v) is 4.30. The zero-order valence-electron chi connectivity index (χ0n) is 13.0. The van der Waals surface area contributed by atoms with E-state index in [0.29, 0.717) is 30.9 Å². The van der Waals surface area contributed by atoms with Gasteiger partial charge in [0.05, 0.1) is 6.26 Å². The summed E-state index contributed by atoms with van der Waals surface area (Å²) in [4.78, 5) is 2.45. The topological polar surface area (TPSA) is 40.6 Å². The SMILES string of the molecule is CCC(CC)N(CCCl)CC1CCCN(S(C)(=O)=O)C1. The van der Waals surface area contributed by atoms with Crippen molar-refractivity contribution in [2.24, 2.45) is 5.92 Å². The van der Waals surface area contributed by atoms with E-state index in [0.717, 1.165) is 38.8 Å². The van der Waals surface area contributed by atoms with Gasteiger partial charge < -0.3 is 0 Å². The van der Waals surface area contributed by atoms with Crippen LogP contribution >= 0.6 is 11.6 Å². The van der Waals surface area contributed by atoms with Gasteiger partial charge in [-0.3, -0.25) is 4.90 Å². The molecule has 0 aromatic heterocycles. The highest BCUT2D eigenvalue weighted by Crippen LogP contribution is 2.21. The molecule has 1 saturated heterocycles. The van der Waals surface area contributed by atoms with Crippen LogP contribution in [0.2, 0.25) is 0 Å². The maximum atomic E-state index is 11.7. The fourth-order valence-electron chi connectivity index (χ4n) is 3.15. The van der Waals surface area contributed by atoms with Gasteiger partial charge in [0.2, 0.25) is 10.0 Å². The molecule has 0 N–H and O–H groups in total. The summed E-state index contributed by atoms with van der Waals surface area (Å²) >= 11 is 5.93. The van der Waals surface area contributed by atoms with Gasteiger partial charge in [-0.1, -0.05) is 13.8 Å². The Bertz CT molecular complexity index is 371. The van der Waals surface area contributed by atoms with E-state index < -0.39 is 10.0 Å². The molecule has 6 heteroatoms. The minimum Gasteiger partial charge on any atom is -0.299 e. The van der Waals surface area contributed by atoms with Gasteiger partial charge in [-0.05, 0) is 31.6 Å². The number of alkyl halides is 1. The summed E-state index contributed by atoms with van der Waals surface area (Å²) in [5.74, 6) is 1.07. The molecule has 0 aliphatic carbocycles. The third-order valence-corrected chi connectivity index (χ3v) is 5.71. The maximum absolute atomic E-state index is 11.7. The van der Waals surface area contributed by atoms with Crippen molar-refractivity contribution in [1.29, 1.82) is 0 Å². The van der Waals surface area contributed by atoms with Crippen LogP contribution in [-0.4, -0.2) is 62.0 Å². The van der Waals surface area contributed by atoms with Crippen molar-refractivity contribution < 1.29 is 8.42 Å². The average Bonchev–Trinajstić information content (AvgIpc) is 2.39. The summed E-state index contributed by atoms with van der Waals surface area (Å²) < 4.78 is 25.0. The summed E-state index contributed by atoms with van der Waals surface area (Å²) in [5, 5.41) is 0. The first-order chi connectivity index (χ1) is 9.42. The molecule has 0 saturated carbocycles. The van der Waals surface area contributed by atoms with E-state index in [9.17, 15) is 8.42 Å². The second-order valence-corrected chi connectivity index (χ2v) is 8.14. The van der Waals surface area contributed by atoms with Crippen LogP contribution in [0.4, 0.5) is 0 Å². The van der Waals surface area contributed by atoms with Gasteiger partial charge in [-0.2, -0.15) is 0 Å². The van der Waals surface area contributed by atoms with Crippen molar-refractivity contribution in [3.05, 3.63) is 0 Å². The molecule has 1 atom stereocenters. The molecule has 0 spiro atoms. The molecular formula is C14H29ClN2O2S. The molecule has 1 unspecified atom stereocenters. The second kappa shape index (κ2) is 8.57. The minimum absolute atomic E-state index is 0.433. The molecule has 4 nitrogen and oxygen atoms in total. The quantitative estimate of drug-likeness (QED) is 0.644. The summed E-state index contributed by atoms with van der Waals surface area (Å²) in [6, 6.07) is 0.558. The molecule has 0 bridgehead atoms. The van der Waals surface area contributed by atoms with E-state index in [1.807, 2.05) is 0 Å². The molecule has 1 aliphatic rings. The molecule has 20 heavy (non-hydrogen) atoms. The van der Waals surface area contributed by atoms with Gasteiger partial charge in [-0.15, -0.1) is 11.6 Å². The second-order valence-electron chi connectivity index (χ2n) is 5.78. The summed E-state index contributed by atoms with van der Waals surface area (Å²) in [6.07, 6.45) is 5.64. The van der Waals surface area contributed by atoms with Crippen LogP contribution in [0.1, 0.15) is 39.5 Å². The molecule has 0 amide bonds. The molecule has 1 heterocycles. The first kappa shape index (κ1) is 18.2. The van der Waals surface area contributed by atoms with E-state index in [1.54, 1.807) is 4.31 Å². The minimum atomic E-state index is -3.05. The largest absolute Gasteiger partial charge is 0.299 e. The van der Waals surface area contributed by atoms with Gasteiger partial charge >= 0.3 is 0 Å². The highest BCUT2D eigenvalue weighted by Gasteiger charge is 2.28. The van der Waals surface area contributed by atoms with Crippen molar-refractivity contribution in [3.8, 4) is 0 Å². The lowest BCUT2D eigenvalue weighted by atomic mass is 9.97. The molecule has 1 rings (SSSR count). The zero-order chi connectivity index (χ0) is 15.2. The third-order valence-electron chi connectivity index (χ3n) is 4.27. The number of hydrogen-bond donors (Lipinski definition) is 0. The van der Waals surface area contributed by atoms with E-state index in [-0.39, 0.29) is 0 Å². The van der Waals surface area contributed by atoms with Crippen LogP contribution in [0.15, 0.2) is 0 Å². The van der Waals surface area contributed by atoms with E-state index >= 15 is 0 Å². The Morgan fingerprint density at radius 1 is 1.35 bits per heavy atom. The van der Waals surface area contributed by atoms with E-state index in [2.05, 4.69) is 18.7 Å². The van der Waals surface area contributed by atoms with Crippen LogP contribution in [0.5, 0.6) is 0 Å². The Hall–Kier alpha value is 0.160. The molecule has 0 radical (unpaired) electrons. The van der Waals surface area contributed by atoms with Crippen molar-refractivity contribution in [2.45, 2.75) is 45.6 Å². The summed E-state index contributed by atoms with van der Waals surface area (Å²) in [6.45, 7) is 7.61. The van der Waals surface area contributed by atoms with Crippen molar-refractivity contribution in [3.63, 3.8) is 0 Å². The Morgan fingerprint density at radius 2 is 2.00 bits per heavy atom. The van der Waals surface area contributed by atoms with Crippen LogP contribution in [0, 0.1) is 5.92 Å². The molecular weight excluding hydrogens is 296 g/mol. The monoisotopic (exact) mass is 324 g/mol. The van der Waals surface area contributed by atoms with Crippen molar-refractivity contribution in [2.75, 3.05) is 38.3 Å². The van der Waals surface area contributed by atoms with Crippen molar-refractivity contribution in [1.82, 2.24) is 9.21 Å². The lowest BCUT2D eigenvalue weighted by Gasteiger charge is -2.37. The lowest BCUT2D eigenvalue weighted by molar-refractivity contribution is 0.137. The van der Waals surface area contributed by atoms with Crippen molar-refractivity contribution >= 4 is 21.6 Å². The Kier molecular flexibility index (Phi) is 7.80. The summed E-state index contributed by atoms with van der Waals surface area (Å²) in [5.41, 5.74) is 0. The van der Waals surface area contributed by atoms with E-state index in [1.165, 1.54) is 6.26 Å². The Labute approximate surface area is 129 Å². The van der Waals surface area contributed by atoms with Gasteiger partial charge in [0.15, 0.2) is 0 Å². The number of hydrogen-bond acceptors (Lipinski definition) is 3. The smallest absolute Gasteiger partial charge is 0.211 e. The standard InChI is InChI=1S/C14H29ClN2O2S/c1-4-14(5-2)16(10-8-15)11-13-7-6-9-17(12-13)20(3,18)19/h13-14H,4-12H2,1-3H3. The van der Waals surface area contributed by atoms with Crippen LogP contribution in [-0.2, 0) is 10.0 Å². The fraction of sp³-hybridized carbons (Fsp3) is 1.00. The number of sulfonamides is 1. The normalized spacial score (nSPS) is 21.8. The maximum Gasteiger partial charge on any atom is 0.211 e. The van der Waals surface area contributed by atoms with Gasteiger partial charge in [0, 0.05) is 38.1 Å². The van der Waals surface area contributed by atoms with Crippen LogP contribution in [0.25, 0.3) is 0 Å². The third kappa shape index (κ3) is 5.51. The Balaban J connectivity index is 2.63. The average molecular weight is 325 g/mol. The lowest BCUT2D eigenvalue weighted by Crippen LogP contribution is -2.46. The first-order valence-electron chi connectivity index (χ1n) is 7.67. The molecule has 120 valence electrons. The van der Waals surface area contributed by atoms with Crippen LogP contribution in [0.3, 0.4) is 0 Å². The zero-order valence-corrected chi connectivity index (χ0v) is 14.6. The highest BCUT2D eigenvalue weighted by molar-refractivity contribution is 7.88. The first-order valence-corrected chi connectivity index (χ1v) is 10.1. The highest BCUT2D eigenvalue weighted by atomic mass is 35.5. The predicted molar refractivity (Wildman–Crippen MR) is 85.8 cm³/mol. The number of piperidine rings is 1.